The lowest BCUT2D eigenvalue weighted by Gasteiger charge is -2.29. The molecule has 2 amide bonds. The Bertz CT molecular complexity index is 668. The van der Waals surface area contributed by atoms with Crippen molar-refractivity contribution < 1.29 is 9.59 Å². The molecule has 0 spiro atoms. The minimum Gasteiger partial charge on any atom is -0.353 e. The van der Waals surface area contributed by atoms with Crippen molar-refractivity contribution in [3.8, 4) is 0 Å². The summed E-state index contributed by atoms with van der Waals surface area (Å²) in [6.45, 7) is 2.12. The maximum Gasteiger partial charge on any atom is 0.223 e. The van der Waals surface area contributed by atoms with Crippen LogP contribution in [-0.4, -0.2) is 23.9 Å². The third kappa shape index (κ3) is 3.88. The molecule has 0 aliphatic heterocycles. The minimum atomic E-state index is 0.0750. The van der Waals surface area contributed by atoms with E-state index in [1.54, 1.807) is 0 Å². The van der Waals surface area contributed by atoms with E-state index in [4.69, 9.17) is 0 Å². The molecule has 25 heavy (non-hydrogen) atoms. The van der Waals surface area contributed by atoms with Gasteiger partial charge < -0.3 is 10.6 Å². The van der Waals surface area contributed by atoms with Gasteiger partial charge in [0.15, 0.2) is 0 Å². The summed E-state index contributed by atoms with van der Waals surface area (Å²) >= 11 is 0. The van der Waals surface area contributed by atoms with Crippen LogP contribution in [0.3, 0.4) is 0 Å². The number of rotatable bonds is 5. The summed E-state index contributed by atoms with van der Waals surface area (Å²) in [7, 11) is 0. The van der Waals surface area contributed by atoms with Crippen LogP contribution in [0.2, 0.25) is 0 Å². The van der Waals surface area contributed by atoms with Gasteiger partial charge in [-0.25, -0.2) is 0 Å². The standard InChI is InChI=1S/C21H28N2O2/c1-13-5-2-3-8-17(13)18-12-19(18)21(25)23-16-7-4-6-14(11-16)20(24)22-15-9-10-15/h2-3,5,8,14-16,18-19H,4,6-7,9-12H2,1H3,(H,22,24)(H,23,25)/t14-,16-,18+,19+/m1/s1. The summed E-state index contributed by atoms with van der Waals surface area (Å²) in [5, 5.41) is 6.35. The summed E-state index contributed by atoms with van der Waals surface area (Å²) in [6, 6.07) is 8.95. The predicted molar refractivity (Wildman–Crippen MR) is 97.1 cm³/mol. The molecule has 1 aromatic rings. The lowest BCUT2D eigenvalue weighted by molar-refractivity contribution is -0.128. The van der Waals surface area contributed by atoms with Gasteiger partial charge >= 0.3 is 0 Å². The molecule has 0 radical (unpaired) electrons. The molecule has 134 valence electrons. The lowest BCUT2D eigenvalue weighted by Crippen LogP contribution is -2.43. The lowest BCUT2D eigenvalue weighted by atomic mass is 9.85. The van der Waals surface area contributed by atoms with Crippen molar-refractivity contribution in [1.82, 2.24) is 10.6 Å². The molecular weight excluding hydrogens is 312 g/mol. The minimum absolute atomic E-state index is 0.0750. The molecule has 3 aliphatic rings. The molecule has 4 nitrogen and oxygen atoms in total. The van der Waals surface area contributed by atoms with Crippen LogP contribution in [0, 0.1) is 18.8 Å². The zero-order valence-electron chi connectivity index (χ0n) is 15.0. The van der Waals surface area contributed by atoms with Crippen molar-refractivity contribution in [1.29, 1.82) is 0 Å². The Morgan fingerprint density at radius 1 is 0.920 bits per heavy atom. The van der Waals surface area contributed by atoms with Gasteiger partial charge in [0.1, 0.15) is 0 Å². The number of carbonyl (C=O) groups is 2. The van der Waals surface area contributed by atoms with Crippen LogP contribution in [0.25, 0.3) is 0 Å². The van der Waals surface area contributed by atoms with E-state index in [2.05, 4.69) is 35.8 Å². The quantitative estimate of drug-likeness (QED) is 0.865. The largest absolute Gasteiger partial charge is 0.353 e. The molecule has 3 fully saturated rings. The fraction of sp³-hybridized carbons (Fsp3) is 0.619. The second-order valence-electron chi connectivity index (χ2n) is 8.16. The first-order valence-corrected chi connectivity index (χ1v) is 9.78. The molecule has 0 saturated heterocycles. The molecule has 0 aromatic heterocycles. The molecule has 2 N–H and O–H groups in total. The molecule has 0 unspecified atom stereocenters. The number of benzene rings is 1. The first kappa shape index (κ1) is 16.6. The highest BCUT2D eigenvalue weighted by Gasteiger charge is 2.45. The highest BCUT2D eigenvalue weighted by atomic mass is 16.2. The van der Waals surface area contributed by atoms with Crippen LogP contribution in [-0.2, 0) is 9.59 Å². The Kier molecular flexibility index (Phi) is 4.53. The van der Waals surface area contributed by atoms with E-state index < -0.39 is 0 Å². The average molecular weight is 340 g/mol. The van der Waals surface area contributed by atoms with Gasteiger partial charge in [-0.1, -0.05) is 30.7 Å². The number of carbonyl (C=O) groups excluding carboxylic acids is 2. The van der Waals surface area contributed by atoms with E-state index in [9.17, 15) is 9.59 Å². The highest BCUT2D eigenvalue weighted by Crippen LogP contribution is 2.48. The van der Waals surface area contributed by atoms with Crippen LogP contribution >= 0.6 is 0 Å². The second kappa shape index (κ2) is 6.81. The van der Waals surface area contributed by atoms with Crippen LogP contribution < -0.4 is 10.6 Å². The topological polar surface area (TPSA) is 58.2 Å². The van der Waals surface area contributed by atoms with Crippen molar-refractivity contribution in [2.45, 2.75) is 69.9 Å². The average Bonchev–Trinajstić information content (AvgIpc) is 3.50. The molecule has 0 heterocycles. The summed E-state index contributed by atoms with van der Waals surface area (Å²) in [6.07, 6.45) is 6.99. The number of hydrogen-bond donors (Lipinski definition) is 2. The summed E-state index contributed by atoms with van der Waals surface area (Å²) in [5.74, 6) is 0.943. The van der Waals surface area contributed by atoms with Gasteiger partial charge in [-0.15, -0.1) is 0 Å². The fourth-order valence-corrected chi connectivity index (χ4v) is 4.25. The van der Waals surface area contributed by atoms with E-state index in [0.717, 1.165) is 44.9 Å². The Morgan fingerprint density at radius 2 is 1.68 bits per heavy atom. The number of aryl methyl sites for hydroxylation is 1. The van der Waals surface area contributed by atoms with E-state index in [1.165, 1.54) is 11.1 Å². The van der Waals surface area contributed by atoms with E-state index in [1.807, 2.05) is 6.07 Å². The first-order valence-electron chi connectivity index (χ1n) is 9.78. The third-order valence-corrected chi connectivity index (χ3v) is 6.03. The van der Waals surface area contributed by atoms with Crippen molar-refractivity contribution in [3.05, 3.63) is 35.4 Å². The van der Waals surface area contributed by atoms with Gasteiger partial charge in [0.2, 0.25) is 11.8 Å². The maximum absolute atomic E-state index is 12.6. The van der Waals surface area contributed by atoms with Gasteiger partial charge in [0.25, 0.3) is 0 Å². The zero-order chi connectivity index (χ0) is 17.4. The van der Waals surface area contributed by atoms with E-state index >= 15 is 0 Å². The van der Waals surface area contributed by atoms with Crippen LogP contribution in [0.5, 0.6) is 0 Å². The Balaban J connectivity index is 1.29. The molecule has 3 aliphatic carbocycles. The van der Waals surface area contributed by atoms with Crippen molar-refractivity contribution in [2.75, 3.05) is 0 Å². The molecule has 1 aromatic carbocycles. The predicted octanol–water partition coefficient (Wildman–Crippen LogP) is 3.05. The highest BCUT2D eigenvalue weighted by molar-refractivity contribution is 5.83. The molecule has 3 saturated carbocycles. The van der Waals surface area contributed by atoms with Gasteiger partial charge in [-0.3, -0.25) is 9.59 Å². The Hall–Kier alpha value is -1.84. The van der Waals surface area contributed by atoms with E-state index in [0.29, 0.717) is 12.0 Å². The van der Waals surface area contributed by atoms with Gasteiger partial charge in [0, 0.05) is 23.9 Å². The fourth-order valence-electron chi connectivity index (χ4n) is 4.25. The molecule has 4 rings (SSSR count). The molecular formula is C21H28N2O2. The summed E-state index contributed by atoms with van der Waals surface area (Å²) < 4.78 is 0. The van der Waals surface area contributed by atoms with Crippen molar-refractivity contribution in [2.24, 2.45) is 11.8 Å². The number of nitrogens with one attached hydrogen (secondary N) is 2. The molecule has 4 atom stereocenters. The Labute approximate surface area is 149 Å². The van der Waals surface area contributed by atoms with Crippen molar-refractivity contribution in [3.63, 3.8) is 0 Å². The maximum atomic E-state index is 12.6. The third-order valence-electron chi connectivity index (χ3n) is 6.03. The SMILES string of the molecule is Cc1ccccc1[C@@H]1C[C@@H]1C(=O)N[C@@H]1CCC[C@@H](C(=O)NC2CC2)C1. The van der Waals surface area contributed by atoms with Crippen LogP contribution in [0.1, 0.15) is 62.0 Å². The second-order valence-corrected chi connectivity index (χ2v) is 8.16. The van der Waals surface area contributed by atoms with Crippen LogP contribution in [0.4, 0.5) is 0 Å². The van der Waals surface area contributed by atoms with Gasteiger partial charge in [0.05, 0.1) is 0 Å². The summed E-state index contributed by atoms with van der Waals surface area (Å²) in [5.41, 5.74) is 2.59. The zero-order valence-corrected chi connectivity index (χ0v) is 15.0. The molecule has 4 heteroatoms. The van der Waals surface area contributed by atoms with Gasteiger partial charge in [-0.05, 0) is 62.5 Å². The smallest absolute Gasteiger partial charge is 0.223 e. The van der Waals surface area contributed by atoms with Crippen molar-refractivity contribution >= 4 is 11.8 Å². The first-order chi connectivity index (χ1) is 12.1. The monoisotopic (exact) mass is 340 g/mol. The van der Waals surface area contributed by atoms with Gasteiger partial charge in [-0.2, -0.15) is 0 Å². The summed E-state index contributed by atoms with van der Waals surface area (Å²) in [4.78, 5) is 24.9. The number of hydrogen-bond acceptors (Lipinski definition) is 2. The Morgan fingerprint density at radius 3 is 2.44 bits per heavy atom. The number of amides is 2. The van der Waals surface area contributed by atoms with E-state index in [-0.39, 0.29) is 29.7 Å². The van der Waals surface area contributed by atoms with Crippen LogP contribution in [0.15, 0.2) is 24.3 Å². The molecule has 0 bridgehead atoms. The normalized spacial score (nSPS) is 31.2.